The molecule has 1 atom stereocenters. The van der Waals surface area contributed by atoms with Crippen LogP contribution in [-0.2, 0) is 4.79 Å². The molecule has 0 spiro atoms. The van der Waals surface area contributed by atoms with E-state index in [1.54, 1.807) is 0 Å². The van der Waals surface area contributed by atoms with Gasteiger partial charge in [0.05, 0.1) is 6.54 Å². The van der Waals surface area contributed by atoms with Crippen LogP contribution < -0.4 is 5.73 Å². The minimum absolute atomic E-state index is 0.0498. The second-order valence-corrected chi connectivity index (χ2v) is 1.24. The number of hydrogen-bond acceptors (Lipinski definition) is 2. The Hall–Kier alpha value is -1.08. The molecule has 0 saturated heterocycles. The van der Waals surface area contributed by atoms with Crippen molar-refractivity contribution in [1.82, 2.24) is 0 Å². The van der Waals surface area contributed by atoms with Crippen LogP contribution in [0.1, 0.15) is 0 Å². The quantitative estimate of drug-likeness (QED) is 0.503. The predicted octanol–water partition coefficient (Wildman–Crippen LogP) is -0.639. The minimum atomic E-state index is -1.09. The number of hydrogen-bond donors (Lipinski definition) is 2. The highest BCUT2D eigenvalue weighted by molar-refractivity contribution is 5.75. The van der Waals surface area contributed by atoms with E-state index in [0.29, 0.717) is 0 Å². The molecular formula is C4H7N2O2+. The maximum Gasteiger partial charge on any atom is 0.393 e. The summed E-state index contributed by atoms with van der Waals surface area (Å²) in [4.78, 5) is 12.9. The lowest BCUT2D eigenvalue weighted by molar-refractivity contribution is -0.137. The van der Waals surface area contributed by atoms with Crippen LogP contribution in [0.4, 0.5) is 0 Å². The van der Waals surface area contributed by atoms with Gasteiger partial charge in [0.2, 0.25) is 0 Å². The average Bonchev–Trinajstić information content (AvgIpc) is 1.69. The van der Waals surface area contributed by atoms with Crippen molar-refractivity contribution in [2.24, 2.45) is 5.73 Å². The smallest absolute Gasteiger partial charge is 0.393 e. The predicted molar refractivity (Wildman–Crippen MR) is 28.8 cm³/mol. The highest BCUT2D eigenvalue weighted by atomic mass is 16.4. The van der Waals surface area contributed by atoms with E-state index < -0.39 is 12.0 Å². The van der Waals surface area contributed by atoms with Crippen LogP contribution in [-0.4, -0.2) is 23.7 Å². The van der Waals surface area contributed by atoms with Crippen LogP contribution in [0, 0.1) is 6.57 Å². The number of nitrogens with two attached hydrogens (primary N) is 1. The topological polar surface area (TPSA) is 67.7 Å². The molecule has 0 saturated carbocycles. The van der Waals surface area contributed by atoms with Gasteiger partial charge in [-0.3, -0.25) is 0 Å². The lowest BCUT2D eigenvalue weighted by Gasteiger charge is -1.85. The number of aliphatic carboxylic acids is 1. The molecule has 1 unspecified atom stereocenters. The largest absolute Gasteiger partial charge is 0.475 e. The number of carboxylic acid groups (broad SMARTS) is 1. The van der Waals surface area contributed by atoms with Crippen LogP contribution in [0.5, 0.6) is 0 Å². The lowest BCUT2D eigenvalue weighted by atomic mass is 10.3. The van der Waals surface area contributed by atoms with Gasteiger partial charge < -0.3 is 10.8 Å². The van der Waals surface area contributed by atoms with Gasteiger partial charge >= 0.3 is 12.0 Å². The highest BCUT2D eigenvalue weighted by Gasteiger charge is 2.22. The molecule has 0 aliphatic heterocycles. The molecular weight excluding hydrogens is 108 g/mol. The zero-order valence-corrected chi connectivity index (χ0v) is 4.24. The van der Waals surface area contributed by atoms with Crippen molar-refractivity contribution in [2.75, 3.05) is 6.54 Å². The minimum Gasteiger partial charge on any atom is -0.475 e. The van der Waals surface area contributed by atoms with Gasteiger partial charge in [-0.25, -0.2) is 4.79 Å². The summed E-state index contributed by atoms with van der Waals surface area (Å²) in [5.41, 5.74) is 4.93. The molecule has 4 nitrogen and oxygen atoms in total. The molecule has 3 N–H and O–H groups in total. The molecule has 4 heteroatoms. The molecule has 0 radical (unpaired) electrons. The van der Waals surface area contributed by atoms with Crippen LogP contribution in [0.15, 0.2) is 0 Å². The van der Waals surface area contributed by atoms with Gasteiger partial charge in [-0.2, -0.15) is 0 Å². The van der Waals surface area contributed by atoms with Crippen LogP contribution in [0.3, 0.4) is 0 Å². The summed E-state index contributed by atoms with van der Waals surface area (Å²) in [6, 6.07) is -0.949. The standard InChI is InChI=1S/C4H6N2O2/c1-6-3(2-5)4(7)8/h1,3H,2,5H2/p+1. The summed E-state index contributed by atoms with van der Waals surface area (Å²) in [6.07, 6.45) is 0. The van der Waals surface area contributed by atoms with Crippen LogP contribution >= 0.6 is 0 Å². The van der Waals surface area contributed by atoms with E-state index in [4.69, 9.17) is 10.8 Å². The fourth-order valence-corrected chi connectivity index (χ4v) is 0.225. The summed E-state index contributed by atoms with van der Waals surface area (Å²) in [7, 11) is 0. The average molecular weight is 115 g/mol. The first kappa shape index (κ1) is 6.92. The first-order chi connectivity index (χ1) is 3.72. The third-order valence-electron chi connectivity index (χ3n) is 0.688. The molecule has 0 heterocycles. The van der Waals surface area contributed by atoms with Gasteiger partial charge in [-0.15, -0.1) is 0 Å². The maximum absolute atomic E-state index is 9.91. The Morgan fingerprint density at radius 2 is 2.50 bits per heavy atom. The van der Waals surface area contributed by atoms with Gasteiger partial charge in [-0.05, 0) is 0 Å². The Labute approximate surface area is 46.7 Å². The monoisotopic (exact) mass is 115 g/mol. The second kappa shape index (κ2) is 2.99. The summed E-state index contributed by atoms with van der Waals surface area (Å²) in [5.74, 6) is -1.09. The lowest BCUT2D eigenvalue weighted by Crippen LogP contribution is -2.25. The Bertz CT molecular complexity index is 126. The third kappa shape index (κ3) is 1.58. The van der Waals surface area contributed by atoms with Crippen molar-refractivity contribution in [1.29, 1.82) is 0 Å². The van der Waals surface area contributed by atoms with Crippen molar-refractivity contribution in [3.8, 4) is 6.57 Å². The SMILES string of the molecule is C#[N+]C(CN)C(=O)O. The van der Waals surface area contributed by atoms with Crippen molar-refractivity contribution in [3.05, 3.63) is 4.85 Å². The van der Waals surface area contributed by atoms with Gasteiger partial charge in [0.15, 0.2) is 0 Å². The van der Waals surface area contributed by atoms with Crippen molar-refractivity contribution in [2.45, 2.75) is 6.04 Å². The van der Waals surface area contributed by atoms with E-state index >= 15 is 0 Å². The van der Waals surface area contributed by atoms with E-state index in [1.807, 2.05) is 0 Å². The number of carboxylic acids is 1. The molecule has 0 amide bonds. The first-order valence-electron chi connectivity index (χ1n) is 2.05. The molecule has 0 aliphatic carbocycles. The molecule has 0 rings (SSSR count). The van der Waals surface area contributed by atoms with Crippen LogP contribution in [0.2, 0.25) is 0 Å². The number of nitrogens with zero attached hydrogens (tertiary/aromatic N) is 1. The van der Waals surface area contributed by atoms with E-state index in [-0.39, 0.29) is 6.54 Å². The summed E-state index contributed by atoms with van der Waals surface area (Å²) in [5, 5.41) is 8.12. The molecule has 0 aromatic heterocycles. The Morgan fingerprint density at radius 3 is 2.50 bits per heavy atom. The molecule has 0 aromatic carbocycles. The molecule has 44 valence electrons. The number of rotatable bonds is 2. The van der Waals surface area contributed by atoms with E-state index in [2.05, 4.69) is 11.4 Å². The van der Waals surface area contributed by atoms with Crippen LogP contribution in [0.25, 0.3) is 4.85 Å². The van der Waals surface area contributed by atoms with Gasteiger partial charge in [0.1, 0.15) is 0 Å². The van der Waals surface area contributed by atoms with E-state index in [0.717, 1.165) is 0 Å². The molecule has 8 heavy (non-hydrogen) atoms. The zero-order chi connectivity index (χ0) is 6.57. The van der Waals surface area contributed by atoms with Gasteiger partial charge in [0, 0.05) is 0 Å². The molecule has 0 aliphatic rings. The number of carbonyl (C=O) groups is 1. The van der Waals surface area contributed by atoms with E-state index in [1.165, 1.54) is 0 Å². The molecule has 0 fully saturated rings. The van der Waals surface area contributed by atoms with E-state index in [9.17, 15) is 4.79 Å². The maximum atomic E-state index is 9.91. The third-order valence-corrected chi connectivity index (χ3v) is 0.688. The molecule has 0 bridgehead atoms. The summed E-state index contributed by atoms with van der Waals surface area (Å²) >= 11 is 0. The van der Waals surface area contributed by atoms with Gasteiger partial charge in [0.25, 0.3) is 6.57 Å². The zero-order valence-electron chi connectivity index (χ0n) is 4.24. The Balaban J connectivity index is 3.76. The van der Waals surface area contributed by atoms with Crippen molar-refractivity contribution >= 4 is 5.97 Å². The molecule has 0 aromatic rings. The van der Waals surface area contributed by atoms with Crippen molar-refractivity contribution < 1.29 is 9.90 Å². The van der Waals surface area contributed by atoms with Gasteiger partial charge in [-0.1, -0.05) is 4.85 Å². The first-order valence-corrected chi connectivity index (χ1v) is 2.05. The Morgan fingerprint density at radius 1 is 2.00 bits per heavy atom. The summed E-state index contributed by atoms with van der Waals surface area (Å²) < 4.78 is 0. The normalized spacial score (nSPS) is 12.0. The highest BCUT2D eigenvalue weighted by Crippen LogP contribution is 1.84. The fourth-order valence-electron chi connectivity index (χ4n) is 0.225. The summed E-state index contributed by atoms with van der Waals surface area (Å²) in [6.45, 7) is 4.60. The fraction of sp³-hybridized carbons (Fsp3) is 0.500. The van der Waals surface area contributed by atoms with Crippen molar-refractivity contribution in [3.63, 3.8) is 0 Å². The Kier molecular flexibility index (Phi) is 2.59. The second-order valence-electron chi connectivity index (χ2n) is 1.24.